The van der Waals surface area contributed by atoms with E-state index in [0.717, 1.165) is 0 Å². The molecular weight excluding hydrogens is 288 g/mol. The van der Waals surface area contributed by atoms with E-state index in [1.54, 1.807) is 18.2 Å². The van der Waals surface area contributed by atoms with E-state index in [-0.39, 0.29) is 5.91 Å². The van der Waals surface area contributed by atoms with Crippen LogP contribution >= 0.6 is 11.6 Å². The molecule has 1 aliphatic heterocycles. The first-order valence-corrected chi connectivity index (χ1v) is 7.49. The second-order valence-corrected chi connectivity index (χ2v) is 6.59. The molecule has 1 aromatic rings. The lowest BCUT2D eigenvalue weighted by atomic mass is 9.78. The van der Waals surface area contributed by atoms with Crippen molar-refractivity contribution in [3.8, 4) is 0 Å². The van der Waals surface area contributed by atoms with Gasteiger partial charge in [0.25, 0.3) is 5.91 Å². The first-order valence-electron chi connectivity index (χ1n) is 7.11. The van der Waals surface area contributed by atoms with Gasteiger partial charge in [0.2, 0.25) is 0 Å². The molecule has 0 unspecified atom stereocenters. The predicted molar refractivity (Wildman–Crippen MR) is 85.2 cm³/mol. The zero-order valence-electron chi connectivity index (χ0n) is 13.1. The summed E-state index contributed by atoms with van der Waals surface area (Å²) in [6.07, 6.45) is 0. The molecule has 0 radical (unpaired) electrons. The van der Waals surface area contributed by atoms with Crippen molar-refractivity contribution in [3.63, 3.8) is 0 Å². The van der Waals surface area contributed by atoms with Crippen LogP contribution < -0.4 is 10.8 Å². The molecule has 0 saturated carbocycles. The molecule has 0 atom stereocenters. The second kappa shape index (κ2) is 5.63. The minimum atomic E-state index is -0.572. The lowest BCUT2D eigenvalue weighted by molar-refractivity contribution is 0.00578. The summed E-state index contributed by atoms with van der Waals surface area (Å²) >= 11 is 6.25. The molecule has 1 N–H and O–H groups in total. The van der Waals surface area contributed by atoms with E-state index in [1.807, 2.05) is 34.6 Å². The van der Waals surface area contributed by atoms with E-state index in [4.69, 9.17) is 20.9 Å². The molecule has 2 rings (SSSR count). The summed E-state index contributed by atoms with van der Waals surface area (Å²) in [4.78, 5) is 11.9. The van der Waals surface area contributed by atoms with Crippen LogP contribution in [0.3, 0.4) is 0 Å². The van der Waals surface area contributed by atoms with Crippen molar-refractivity contribution < 1.29 is 14.1 Å². The molecule has 1 amide bonds. The van der Waals surface area contributed by atoms with Gasteiger partial charge in [0.1, 0.15) is 0 Å². The minimum Gasteiger partial charge on any atom is -0.399 e. The maximum Gasteiger partial charge on any atom is 0.496 e. The number of benzene rings is 1. The summed E-state index contributed by atoms with van der Waals surface area (Å²) in [6, 6.07) is 5.13. The predicted octanol–water partition coefficient (Wildman–Crippen LogP) is 2.39. The monoisotopic (exact) mass is 309 g/mol. The Morgan fingerprint density at radius 1 is 1.24 bits per heavy atom. The number of rotatable bonds is 3. The summed E-state index contributed by atoms with van der Waals surface area (Å²) in [6.45, 7) is 10.4. The normalized spacial score (nSPS) is 19.6. The Balaban J connectivity index is 2.33. The van der Waals surface area contributed by atoms with Crippen LogP contribution in [0.2, 0.25) is 5.02 Å². The zero-order valence-corrected chi connectivity index (χ0v) is 13.9. The highest BCUT2D eigenvalue weighted by atomic mass is 35.5. The molecule has 21 heavy (non-hydrogen) atoms. The highest BCUT2D eigenvalue weighted by Crippen LogP contribution is 2.37. The van der Waals surface area contributed by atoms with Crippen molar-refractivity contribution in [2.75, 3.05) is 6.54 Å². The first kappa shape index (κ1) is 16.3. The molecule has 0 aliphatic carbocycles. The number of hydrogen-bond donors (Lipinski definition) is 1. The van der Waals surface area contributed by atoms with Gasteiger partial charge in [0.05, 0.1) is 11.2 Å². The molecule has 0 spiro atoms. The highest BCUT2D eigenvalue weighted by molar-refractivity contribution is 6.65. The third-order valence-electron chi connectivity index (χ3n) is 4.10. The first-order chi connectivity index (χ1) is 9.68. The molecule has 6 heteroatoms. The third kappa shape index (κ3) is 3.10. The molecule has 0 bridgehead atoms. The van der Waals surface area contributed by atoms with Gasteiger partial charge in [-0.15, -0.1) is 0 Å². The quantitative estimate of drug-likeness (QED) is 0.872. The van der Waals surface area contributed by atoms with Crippen LogP contribution in [0.4, 0.5) is 0 Å². The molecule has 114 valence electrons. The standard InChI is InChI=1S/C15H21BClNO3/c1-6-18-13(19)10-7-8-12(17)11(9-10)16-20-14(2,3)15(4,5)21-16/h7-9H,6H2,1-5H3,(H,18,19). The molecule has 0 aromatic heterocycles. The third-order valence-corrected chi connectivity index (χ3v) is 4.45. The minimum absolute atomic E-state index is 0.132. The fraction of sp³-hybridized carbons (Fsp3) is 0.533. The Hall–Kier alpha value is -1.04. The van der Waals surface area contributed by atoms with E-state index in [1.165, 1.54) is 0 Å². The Morgan fingerprint density at radius 3 is 2.33 bits per heavy atom. The van der Waals surface area contributed by atoms with Gasteiger partial charge in [-0.2, -0.15) is 0 Å². The lowest BCUT2D eigenvalue weighted by Gasteiger charge is -2.32. The SMILES string of the molecule is CCNC(=O)c1ccc(Cl)c(B2OC(C)(C)C(C)(C)O2)c1. The van der Waals surface area contributed by atoms with E-state index < -0.39 is 18.3 Å². The van der Waals surface area contributed by atoms with Gasteiger partial charge >= 0.3 is 7.12 Å². The second-order valence-electron chi connectivity index (χ2n) is 6.18. The molecule has 1 aromatic carbocycles. The van der Waals surface area contributed by atoms with E-state index in [9.17, 15) is 4.79 Å². The topological polar surface area (TPSA) is 47.6 Å². The Labute approximate surface area is 131 Å². The molecule has 1 aliphatic rings. The van der Waals surface area contributed by atoms with Crippen molar-refractivity contribution in [2.45, 2.75) is 45.8 Å². The van der Waals surface area contributed by atoms with Gasteiger partial charge in [-0.1, -0.05) is 11.6 Å². The van der Waals surface area contributed by atoms with E-state index >= 15 is 0 Å². The van der Waals surface area contributed by atoms with Gasteiger partial charge < -0.3 is 14.6 Å². The smallest absolute Gasteiger partial charge is 0.399 e. The number of halogens is 1. The molecular formula is C15H21BClNO3. The Kier molecular flexibility index (Phi) is 4.38. The number of nitrogens with one attached hydrogen (secondary N) is 1. The lowest BCUT2D eigenvalue weighted by Crippen LogP contribution is -2.41. The van der Waals surface area contributed by atoms with Crippen LogP contribution in [-0.2, 0) is 9.31 Å². The number of hydrogen-bond acceptors (Lipinski definition) is 3. The molecule has 1 heterocycles. The molecule has 1 saturated heterocycles. The van der Waals surface area contributed by atoms with Crippen LogP contribution in [0, 0.1) is 0 Å². The van der Waals surface area contributed by atoms with Crippen LogP contribution in [-0.4, -0.2) is 30.8 Å². The van der Waals surface area contributed by atoms with E-state index in [2.05, 4.69) is 5.32 Å². The van der Waals surface area contributed by atoms with Crippen molar-refractivity contribution in [3.05, 3.63) is 28.8 Å². The average molecular weight is 310 g/mol. The van der Waals surface area contributed by atoms with E-state index in [0.29, 0.717) is 22.6 Å². The largest absolute Gasteiger partial charge is 0.496 e. The molecule has 4 nitrogen and oxygen atoms in total. The van der Waals surface area contributed by atoms with Crippen LogP contribution in [0.5, 0.6) is 0 Å². The average Bonchev–Trinajstić information content (AvgIpc) is 2.59. The number of carbonyl (C=O) groups excluding carboxylic acids is 1. The highest BCUT2D eigenvalue weighted by Gasteiger charge is 2.52. The van der Waals surface area contributed by atoms with Crippen molar-refractivity contribution in [1.29, 1.82) is 0 Å². The van der Waals surface area contributed by atoms with Crippen LogP contribution in [0.1, 0.15) is 45.0 Å². The zero-order chi connectivity index (χ0) is 15.8. The van der Waals surface area contributed by atoms with Gasteiger partial charge in [-0.05, 0) is 52.8 Å². The Bertz CT molecular complexity index is 544. The number of amides is 1. The van der Waals surface area contributed by atoms with Gasteiger partial charge in [-0.25, -0.2) is 0 Å². The maximum absolute atomic E-state index is 11.9. The van der Waals surface area contributed by atoms with Crippen LogP contribution in [0.15, 0.2) is 18.2 Å². The summed E-state index contributed by atoms with van der Waals surface area (Å²) in [5.41, 5.74) is 0.343. The molecule has 1 fully saturated rings. The maximum atomic E-state index is 11.9. The number of carbonyl (C=O) groups is 1. The van der Waals surface area contributed by atoms with Crippen LogP contribution in [0.25, 0.3) is 0 Å². The van der Waals surface area contributed by atoms with Gasteiger partial charge in [0, 0.05) is 22.6 Å². The van der Waals surface area contributed by atoms with Gasteiger partial charge in [0.15, 0.2) is 0 Å². The van der Waals surface area contributed by atoms with Crippen molar-refractivity contribution in [1.82, 2.24) is 5.32 Å². The van der Waals surface area contributed by atoms with Gasteiger partial charge in [-0.3, -0.25) is 4.79 Å². The summed E-state index contributed by atoms with van der Waals surface area (Å²) in [7, 11) is -0.572. The fourth-order valence-electron chi connectivity index (χ4n) is 2.10. The van der Waals surface area contributed by atoms with Crippen molar-refractivity contribution >= 4 is 30.1 Å². The Morgan fingerprint density at radius 2 is 1.81 bits per heavy atom. The summed E-state index contributed by atoms with van der Waals surface area (Å²) in [5, 5.41) is 3.30. The van der Waals surface area contributed by atoms with Crippen molar-refractivity contribution in [2.24, 2.45) is 0 Å². The summed E-state index contributed by atoms with van der Waals surface area (Å²) < 4.78 is 12.0. The fourth-order valence-corrected chi connectivity index (χ4v) is 2.30. The summed E-state index contributed by atoms with van der Waals surface area (Å²) in [5.74, 6) is -0.132.